The fourth-order valence-corrected chi connectivity index (χ4v) is 1.75. The highest BCUT2D eigenvalue weighted by molar-refractivity contribution is 5.61. The van der Waals surface area contributed by atoms with Gasteiger partial charge in [0.2, 0.25) is 0 Å². The highest BCUT2D eigenvalue weighted by Gasteiger charge is 2.15. The topological polar surface area (TPSA) is 26.0 Å². The van der Waals surface area contributed by atoms with E-state index in [-0.39, 0.29) is 0 Å². The summed E-state index contributed by atoms with van der Waals surface area (Å²) >= 11 is 0. The first-order chi connectivity index (χ1) is 7.20. The molecular weight excluding hydrogens is 186 g/mol. The molecule has 0 aliphatic heterocycles. The Morgan fingerprint density at radius 1 is 1.13 bits per heavy atom. The molecule has 2 aromatic rings. The van der Waals surface area contributed by atoms with Gasteiger partial charge in [0.15, 0.2) is 5.76 Å². The molecule has 2 heteroatoms. The van der Waals surface area contributed by atoms with Crippen molar-refractivity contribution in [3.8, 4) is 11.3 Å². The van der Waals surface area contributed by atoms with Gasteiger partial charge in [-0.05, 0) is 12.8 Å². The molecule has 0 unspecified atom stereocenters. The van der Waals surface area contributed by atoms with Crippen LogP contribution in [0.3, 0.4) is 0 Å². The SMILES string of the molecule is Cc1c(C(C)C)noc1-c1ccccc1. The summed E-state index contributed by atoms with van der Waals surface area (Å²) in [6.07, 6.45) is 0. The predicted octanol–water partition coefficient (Wildman–Crippen LogP) is 3.77. The Labute approximate surface area is 89.9 Å². The molecule has 1 aromatic heterocycles. The third-order valence-corrected chi connectivity index (χ3v) is 2.54. The van der Waals surface area contributed by atoms with Gasteiger partial charge in [0.05, 0.1) is 5.69 Å². The molecule has 0 amide bonds. The molecule has 78 valence electrons. The molecular formula is C13H15NO. The van der Waals surface area contributed by atoms with Crippen molar-refractivity contribution in [2.24, 2.45) is 0 Å². The summed E-state index contributed by atoms with van der Waals surface area (Å²) in [5.41, 5.74) is 3.29. The van der Waals surface area contributed by atoms with Gasteiger partial charge in [-0.1, -0.05) is 49.3 Å². The summed E-state index contributed by atoms with van der Waals surface area (Å²) in [5.74, 6) is 1.30. The van der Waals surface area contributed by atoms with Gasteiger partial charge < -0.3 is 4.52 Å². The Hall–Kier alpha value is -1.57. The first-order valence-electron chi connectivity index (χ1n) is 5.21. The number of hydrogen-bond donors (Lipinski definition) is 0. The normalized spacial score (nSPS) is 10.9. The minimum atomic E-state index is 0.409. The zero-order valence-corrected chi connectivity index (χ0v) is 9.32. The molecule has 15 heavy (non-hydrogen) atoms. The van der Waals surface area contributed by atoms with E-state index in [0.717, 1.165) is 22.6 Å². The molecule has 1 aromatic carbocycles. The van der Waals surface area contributed by atoms with Gasteiger partial charge in [-0.25, -0.2) is 0 Å². The van der Waals surface area contributed by atoms with Crippen LogP contribution in [-0.2, 0) is 0 Å². The van der Waals surface area contributed by atoms with E-state index in [2.05, 4.69) is 25.9 Å². The average molecular weight is 201 g/mol. The van der Waals surface area contributed by atoms with E-state index in [0.29, 0.717) is 5.92 Å². The molecule has 0 atom stereocenters. The summed E-state index contributed by atoms with van der Waals surface area (Å²) in [6, 6.07) is 10.1. The summed E-state index contributed by atoms with van der Waals surface area (Å²) in [4.78, 5) is 0. The highest BCUT2D eigenvalue weighted by Crippen LogP contribution is 2.28. The maximum Gasteiger partial charge on any atom is 0.170 e. The molecule has 0 radical (unpaired) electrons. The van der Waals surface area contributed by atoms with Crippen molar-refractivity contribution in [3.05, 3.63) is 41.6 Å². The van der Waals surface area contributed by atoms with Crippen molar-refractivity contribution >= 4 is 0 Å². The van der Waals surface area contributed by atoms with E-state index in [1.807, 2.05) is 30.3 Å². The van der Waals surface area contributed by atoms with Gasteiger partial charge in [0, 0.05) is 11.1 Å². The maximum atomic E-state index is 5.39. The number of nitrogens with zero attached hydrogens (tertiary/aromatic N) is 1. The molecule has 1 heterocycles. The summed E-state index contributed by atoms with van der Waals surface area (Å²) < 4.78 is 5.39. The van der Waals surface area contributed by atoms with E-state index >= 15 is 0 Å². The van der Waals surface area contributed by atoms with Gasteiger partial charge in [0.1, 0.15) is 0 Å². The van der Waals surface area contributed by atoms with Crippen LogP contribution in [0.15, 0.2) is 34.9 Å². The summed E-state index contributed by atoms with van der Waals surface area (Å²) in [6.45, 7) is 6.31. The Kier molecular flexibility index (Phi) is 2.58. The number of benzene rings is 1. The molecule has 0 saturated heterocycles. The molecule has 0 N–H and O–H groups in total. The maximum absolute atomic E-state index is 5.39. The zero-order chi connectivity index (χ0) is 10.8. The molecule has 0 fully saturated rings. The molecule has 2 nitrogen and oxygen atoms in total. The van der Waals surface area contributed by atoms with Crippen LogP contribution in [0.5, 0.6) is 0 Å². The van der Waals surface area contributed by atoms with Crippen LogP contribution in [-0.4, -0.2) is 5.16 Å². The Morgan fingerprint density at radius 3 is 2.33 bits per heavy atom. The van der Waals surface area contributed by atoms with Crippen LogP contribution in [0.25, 0.3) is 11.3 Å². The van der Waals surface area contributed by atoms with Gasteiger partial charge in [-0.2, -0.15) is 0 Å². The number of hydrogen-bond acceptors (Lipinski definition) is 2. The van der Waals surface area contributed by atoms with Crippen molar-refractivity contribution in [2.75, 3.05) is 0 Å². The standard InChI is InChI=1S/C13H15NO/c1-9(2)12-10(3)13(15-14-12)11-7-5-4-6-8-11/h4-9H,1-3H3. The van der Waals surface area contributed by atoms with Crippen LogP contribution in [0.2, 0.25) is 0 Å². The fourth-order valence-electron chi connectivity index (χ4n) is 1.75. The third kappa shape index (κ3) is 1.80. The lowest BCUT2D eigenvalue weighted by atomic mass is 10.0. The first-order valence-corrected chi connectivity index (χ1v) is 5.21. The largest absolute Gasteiger partial charge is 0.356 e. The first kappa shape index (κ1) is 9.97. The van der Waals surface area contributed by atoms with Crippen molar-refractivity contribution in [1.82, 2.24) is 5.16 Å². The summed E-state index contributed by atoms with van der Waals surface area (Å²) in [5, 5.41) is 4.12. The minimum absolute atomic E-state index is 0.409. The number of rotatable bonds is 2. The quantitative estimate of drug-likeness (QED) is 0.739. The van der Waals surface area contributed by atoms with Crippen LogP contribution in [0.1, 0.15) is 31.0 Å². The second kappa shape index (κ2) is 3.89. The smallest absolute Gasteiger partial charge is 0.170 e. The Bertz CT molecular complexity index is 443. The molecule has 0 saturated carbocycles. The van der Waals surface area contributed by atoms with E-state index < -0.39 is 0 Å². The number of aromatic nitrogens is 1. The molecule has 0 bridgehead atoms. The van der Waals surface area contributed by atoms with Crippen molar-refractivity contribution < 1.29 is 4.52 Å². The molecule has 0 spiro atoms. The third-order valence-electron chi connectivity index (χ3n) is 2.54. The van der Waals surface area contributed by atoms with E-state index in [4.69, 9.17) is 4.52 Å². The second-order valence-corrected chi connectivity index (χ2v) is 4.04. The van der Waals surface area contributed by atoms with Crippen LogP contribution < -0.4 is 0 Å². The van der Waals surface area contributed by atoms with E-state index in [1.54, 1.807) is 0 Å². The Morgan fingerprint density at radius 2 is 1.80 bits per heavy atom. The van der Waals surface area contributed by atoms with Gasteiger partial charge >= 0.3 is 0 Å². The predicted molar refractivity (Wildman–Crippen MR) is 60.8 cm³/mol. The summed E-state index contributed by atoms with van der Waals surface area (Å²) in [7, 11) is 0. The van der Waals surface area contributed by atoms with Crippen LogP contribution in [0.4, 0.5) is 0 Å². The van der Waals surface area contributed by atoms with E-state index in [1.165, 1.54) is 0 Å². The Balaban J connectivity index is 2.47. The van der Waals surface area contributed by atoms with Crippen molar-refractivity contribution in [2.45, 2.75) is 26.7 Å². The second-order valence-electron chi connectivity index (χ2n) is 4.04. The molecule has 2 rings (SSSR count). The van der Waals surface area contributed by atoms with Gasteiger partial charge in [0.25, 0.3) is 0 Å². The van der Waals surface area contributed by atoms with E-state index in [9.17, 15) is 0 Å². The zero-order valence-electron chi connectivity index (χ0n) is 9.32. The van der Waals surface area contributed by atoms with Crippen LogP contribution in [0, 0.1) is 6.92 Å². The average Bonchev–Trinajstić information content (AvgIpc) is 2.61. The highest BCUT2D eigenvalue weighted by atomic mass is 16.5. The lowest BCUT2D eigenvalue weighted by Gasteiger charge is -2.00. The lowest BCUT2D eigenvalue weighted by Crippen LogP contribution is -1.89. The van der Waals surface area contributed by atoms with Gasteiger partial charge in [-0.3, -0.25) is 0 Å². The minimum Gasteiger partial charge on any atom is -0.356 e. The molecule has 0 aliphatic rings. The lowest BCUT2D eigenvalue weighted by molar-refractivity contribution is 0.420. The molecule has 0 aliphatic carbocycles. The van der Waals surface area contributed by atoms with Crippen LogP contribution >= 0.6 is 0 Å². The fraction of sp³-hybridized carbons (Fsp3) is 0.308. The van der Waals surface area contributed by atoms with Crippen molar-refractivity contribution in [1.29, 1.82) is 0 Å². The van der Waals surface area contributed by atoms with Gasteiger partial charge in [-0.15, -0.1) is 0 Å². The monoisotopic (exact) mass is 201 g/mol. The van der Waals surface area contributed by atoms with Crippen molar-refractivity contribution in [3.63, 3.8) is 0 Å².